The molecule has 0 aliphatic rings. The van der Waals surface area contributed by atoms with Gasteiger partial charge < -0.3 is 14.9 Å². The number of carbonyl (C=O) groups is 1. The molecule has 6 heteroatoms. The number of aromatic nitrogens is 3. The van der Waals surface area contributed by atoms with E-state index in [1.807, 2.05) is 30.6 Å². The van der Waals surface area contributed by atoms with E-state index in [1.54, 1.807) is 11.1 Å². The van der Waals surface area contributed by atoms with Crippen LogP contribution in [0.25, 0.3) is 22.2 Å². The Morgan fingerprint density at radius 2 is 2.29 bits per heavy atom. The maximum absolute atomic E-state index is 12.6. The monoisotopic (exact) mass is 325 g/mol. The summed E-state index contributed by atoms with van der Waals surface area (Å²) in [6.45, 7) is 2.76. The number of aromatic amines is 2. The van der Waals surface area contributed by atoms with Gasteiger partial charge in [-0.25, -0.2) is 4.98 Å². The smallest absolute Gasteiger partial charge is 0.271 e. The van der Waals surface area contributed by atoms with Crippen LogP contribution in [-0.4, -0.2) is 38.8 Å². The molecule has 0 aliphatic carbocycles. The quantitative estimate of drug-likeness (QED) is 0.675. The van der Waals surface area contributed by atoms with Crippen molar-refractivity contribution in [2.75, 3.05) is 13.1 Å². The molecule has 3 heterocycles. The van der Waals surface area contributed by atoms with Crippen LogP contribution in [0.1, 0.15) is 33.1 Å². The Kier molecular flexibility index (Phi) is 4.62. The van der Waals surface area contributed by atoms with Crippen molar-refractivity contribution < 1.29 is 7.65 Å². The van der Waals surface area contributed by atoms with Gasteiger partial charge in [0, 0.05) is 38.9 Å². The van der Waals surface area contributed by atoms with Crippen molar-refractivity contribution in [2.24, 2.45) is 0 Å². The number of rotatable bonds is 6. The van der Waals surface area contributed by atoms with E-state index in [9.17, 15) is 4.79 Å². The van der Waals surface area contributed by atoms with Crippen LogP contribution < -0.4 is 0 Å². The first-order valence-corrected chi connectivity index (χ1v) is 8.01. The SMILES string of the molecule is CCCCN(CC#N)C(=O)c1cc(-c2ccnc3[nH]ccc23)c[nH]1.[HH].[HH]. The van der Waals surface area contributed by atoms with Crippen LogP contribution in [0.2, 0.25) is 0 Å². The highest BCUT2D eigenvalue weighted by molar-refractivity contribution is 5.97. The molecule has 0 saturated heterocycles. The van der Waals surface area contributed by atoms with E-state index in [0.717, 1.165) is 35.0 Å². The summed E-state index contributed by atoms with van der Waals surface area (Å²) in [6, 6.07) is 7.80. The molecule has 3 aromatic rings. The summed E-state index contributed by atoms with van der Waals surface area (Å²) in [5.74, 6) is -0.143. The zero-order valence-electron chi connectivity index (χ0n) is 13.5. The number of unbranched alkanes of at least 4 members (excludes halogenated alkanes) is 1. The fraction of sp³-hybridized carbons (Fsp3) is 0.278. The molecule has 3 rings (SSSR count). The third-order valence-corrected chi connectivity index (χ3v) is 4.01. The molecule has 1 amide bonds. The number of nitrogens with one attached hydrogen (secondary N) is 2. The van der Waals surface area contributed by atoms with Crippen LogP contribution in [0, 0.1) is 11.3 Å². The standard InChI is InChI=1S/C18H19N5O.2H2/c1-2-3-9-23(10-6-19)18(24)16-11-13(12-22-16)14-4-7-20-17-15(14)5-8-21-17;;/h4-5,7-8,11-12,22H,2-3,9-10H2,1H3,(H,20,21);2*1H. The first kappa shape index (κ1) is 15.8. The van der Waals surface area contributed by atoms with E-state index in [-0.39, 0.29) is 15.3 Å². The van der Waals surface area contributed by atoms with Crippen LogP contribution in [0.5, 0.6) is 0 Å². The Labute approximate surface area is 143 Å². The van der Waals surface area contributed by atoms with Crippen LogP contribution >= 0.6 is 0 Å². The number of nitrogens with zero attached hydrogens (tertiary/aromatic N) is 3. The molecule has 6 nitrogen and oxygen atoms in total. The van der Waals surface area contributed by atoms with Gasteiger partial charge in [0.05, 0.1) is 6.07 Å². The molecule has 0 atom stereocenters. The molecule has 126 valence electrons. The second kappa shape index (κ2) is 7.01. The summed E-state index contributed by atoms with van der Waals surface area (Å²) < 4.78 is 0. The third-order valence-electron chi connectivity index (χ3n) is 4.01. The molecule has 0 fully saturated rings. The van der Waals surface area contributed by atoms with Gasteiger partial charge in [-0.1, -0.05) is 13.3 Å². The van der Waals surface area contributed by atoms with E-state index in [0.29, 0.717) is 12.2 Å². The third kappa shape index (κ3) is 3.01. The largest absolute Gasteiger partial charge is 0.357 e. The second-order valence-electron chi connectivity index (χ2n) is 5.64. The predicted octanol–water partition coefficient (Wildman–Crippen LogP) is 3.82. The first-order valence-electron chi connectivity index (χ1n) is 8.01. The maximum atomic E-state index is 12.6. The van der Waals surface area contributed by atoms with Crippen LogP contribution in [0.15, 0.2) is 36.8 Å². The lowest BCUT2D eigenvalue weighted by Gasteiger charge is -2.18. The number of hydrogen-bond donors (Lipinski definition) is 2. The molecular weight excluding hydrogens is 302 g/mol. The molecule has 0 saturated carbocycles. The zero-order chi connectivity index (χ0) is 16.9. The van der Waals surface area contributed by atoms with E-state index in [4.69, 9.17) is 5.26 Å². The Morgan fingerprint density at radius 1 is 1.42 bits per heavy atom. The lowest BCUT2D eigenvalue weighted by molar-refractivity contribution is 0.0769. The molecule has 0 unspecified atom stereocenters. The van der Waals surface area contributed by atoms with Crippen molar-refractivity contribution in [3.8, 4) is 17.2 Å². The minimum atomic E-state index is -0.143. The summed E-state index contributed by atoms with van der Waals surface area (Å²) in [5, 5.41) is 9.95. The van der Waals surface area contributed by atoms with E-state index >= 15 is 0 Å². The summed E-state index contributed by atoms with van der Waals surface area (Å²) >= 11 is 0. The Hall–Kier alpha value is -3.07. The van der Waals surface area contributed by atoms with Crippen LogP contribution in [0.4, 0.5) is 0 Å². The number of amides is 1. The normalized spacial score (nSPS) is 10.7. The van der Waals surface area contributed by atoms with Crippen molar-refractivity contribution in [3.63, 3.8) is 0 Å². The fourth-order valence-electron chi connectivity index (χ4n) is 2.74. The Bertz CT molecular complexity index is 896. The van der Waals surface area contributed by atoms with Crippen LogP contribution in [-0.2, 0) is 0 Å². The van der Waals surface area contributed by atoms with Crippen LogP contribution in [0.3, 0.4) is 0 Å². The van der Waals surface area contributed by atoms with Gasteiger partial charge in [0.2, 0.25) is 0 Å². The number of fused-ring (bicyclic) bond motifs is 1. The lowest BCUT2D eigenvalue weighted by atomic mass is 10.1. The van der Waals surface area contributed by atoms with Crippen molar-refractivity contribution >= 4 is 16.9 Å². The maximum Gasteiger partial charge on any atom is 0.271 e. The Balaban J connectivity index is 0.00000169. The topological polar surface area (TPSA) is 88.6 Å². The highest BCUT2D eigenvalue weighted by atomic mass is 16.2. The van der Waals surface area contributed by atoms with E-state index < -0.39 is 0 Å². The average Bonchev–Trinajstić information content (AvgIpc) is 3.26. The second-order valence-corrected chi connectivity index (χ2v) is 5.64. The highest BCUT2D eigenvalue weighted by Crippen LogP contribution is 2.27. The van der Waals surface area contributed by atoms with Crippen molar-refractivity contribution in [2.45, 2.75) is 19.8 Å². The van der Waals surface area contributed by atoms with Crippen molar-refractivity contribution in [1.82, 2.24) is 19.9 Å². The molecule has 24 heavy (non-hydrogen) atoms. The summed E-state index contributed by atoms with van der Waals surface area (Å²) in [5.41, 5.74) is 3.25. The number of nitriles is 1. The number of pyridine rings is 1. The highest BCUT2D eigenvalue weighted by Gasteiger charge is 2.17. The summed E-state index contributed by atoms with van der Waals surface area (Å²) in [6.07, 6.45) is 7.27. The lowest BCUT2D eigenvalue weighted by Crippen LogP contribution is -2.32. The van der Waals surface area contributed by atoms with Gasteiger partial charge in [-0.15, -0.1) is 0 Å². The molecule has 0 aromatic carbocycles. The van der Waals surface area contributed by atoms with Crippen molar-refractivity contribution in [1.29, 1.82) is 5.26 Å². The molecule has 3 aromatic heterocycles. The number of carbonyl (C=O) groups excluding carboxylic acids is 1. The van der Waals surface area contributed by atoms with Gasteiger partial charge in [0.1, 0.15) is 17.9 Å². The van der Waals surface area contributed by atoms with Gasteiger partial charge >= 0.3 is 0 Å². The van der Waals surface area contributed by atoms with Gasteiger partial charge in [0.25, 0.3) is 5.91 Å². The van der Waals surface area contributed by atoms with Gasteiger partial charge in [-0.05, 0) is 30.2 Å². The zero-order valence-corrected chi connectivity index (χ0v) is 13.5. The van der Waals surface area contributed by atoms with E-state index in [2.05, 4.69) is 27.9 Å². The molecular formula is C18H23N5O. The van der Waals surface area contributed by atoms with Gasteiger partial charge in [0.15, 0.2) is 0 Å². The predicted molar refractivity (Wildman–Crippen MR) is 96.5 cm³/mol. The summed E-state index contributed by atoms with van der Waals surface area (Å²) in [4.78, 5) is 24.6. The molecule has 0 bridgehead atoms. The minimum absolute atomic E-state index is 0. The minimum Gasteiger partial charge on any atom is -0.357 e. The number of H-pyrrole nitrogens is 2. The number of hydrogen-bond acceptors (Lipinski definition) is 3. The fourth-order valence-corrected chi connectivity index (χ4v) is 2.74. The van der Waals surface area contributed by atoms with Gasteiger partial charge in [-0.3, -0.25) is 4.79 Å². The Morgan fingerprint density at radius 3 is 3.08 bits per heavy atom. The molecule has 2 N–H and O–H groups in total. The van der Waals surface area contributed by atoms with Crippen molar-refractivity contribution in [3.05, 3.63) is 42.5 Å². The average molecular weight is 325 g/mol. The van der Waals surface area contributed by atoms with E-state index in [1.165, 1.54) is 0 Å². The summed E-state index contributed by atoms with van der Waals surface area (Å²) in [7, 11) is 0. The molecule has 0 aliphatic heterocycles. The first-order chi connectivity index (χ1) is 11.7. The van der Waals surface area contributed by atoms with Gasteiger partial charge in [-0.2, -0.15) is 5.26 Å². The molecule has 0 spiro atoms. The molecule has 0 radical (unpaired) electrons.